The van der Waals surface area contributed by atoms with Crippen LogP contribution in [0, 0.1) is 17.8 Å². The Morgan fingerprint density at radius 2 is 2.14 bits per heavy atom. The lowest BCUT2D eigenvalue weighted by Gasteiger charge is -2.31. The summed E-state index contributed by atoms with van der Waals surface area (Å²) in [5, 5.41) is 0. The van der Waals surface area contributed by atoms with E-state index < -0.39 is 0 Å². The third-order valence-electron chi connectivity index (χ3n) is 3.07. The van der Waals surface area contributed by atoms with Crippen LogP contribution in [0.2, 0.25) is 0 Å². The smallest absolute Gasteiger partial charge is 0.308 e. The van der Waals surface area contributed by atoms with Crippen LogP contribution in [0.4, 0.5) is 0 Å². The number of hydrogen-bond acceptors (Lipinski definition) is 3. The normalized spacial score (nSPS) is 27.9. The molecule has 2 atom stereocenters. The molecule has 1 rings (SSSR count). The highest BCUT2D eigenvalue weighted by atomic mass is 16.5. The zero-order valence-electron chi connectivity index (χ0n) is 9.08. The molecule has 3 heteroatoms. The van der Waals surface area contributed by atoms with Gasteiger partial charge in [-0.3, -0.25) is 9.59 Å². The first-order valence-electron chi connectivity index (χ1n) is 5.15. The van der Waals surface area contributed by atoms with Crippen molar-refractivity contribution in [2.45, 2.75) is 33.1 Å². The van der Waals surface area contributed by atoms with Crippen LogP contribution in [0.3, 0.4) is 0 Å². The Bertz CT molecular complexity index is 233. The van der Waals surface area contributed by atoms with E-state index in [9.17, 15) is 9.59 Å². The van der Waals surface area contributed by atoms with Crippen LogP contribution in [0.15, 0.2) is 0 Å². The largest absolute Gasteiger partial charge is 0.469 e. The van der Waals surface area contributed by atoms with Crippen molar-refractivity contribution in [1.82, 2.24) is 0 Å². The van der Waals surface area contributed by atoms with Crippen molar-refractivity contribution in [2.75, 3.05) is 7.11 Å². The maximum atomic E-state index is 11.5. The fourth-order valence-electron chi connectivity index (χ4n) is 2.18. The van der Waals surface area contributed by atoms with E-state index in [4.69, 9.17) is 4.74 Å². The minimum absolute atomic E-state index is 0.0716. The van der Waals surface area contributed by atoms with Gasteiger partial charge in [0.25, 0.3) is 0 Å². The van der Waals surface area contributed by atoms with Crippen LogP contribution in [-0.2, 0) is 14.3 Å². The summed E-state index contributed by atoms with van der Waals surface area (Å²) in [7, 11) is 1.41. The molecule has 0 aromatic carbocycles. The predicted molar refractivity (Wildman–Crippen MR) is 52.7 cm³/mol. The Kier molecular flexibility index (Phi) is 3.67. The van der Waals surface area contributed by atoms with E-state index >= 15 is 0 Å². The molecule has 0 aromatic rings. The number of methoxy groups -OCH3 is 1. The van der Waals surface area contributed by atoms with Gasteiger partial charge in [-0.1, -0.05) is 13.8 Å². The second-order valence-corrected chi connectivity index (χ2v) is 4.32. The third kappa shape index (κ3) is 2.34. The zero-order chi connectivity index (χ0) is 10.7. The summed E-state index contributed by atoms with van der Waals surface area (Å²) in [5.41, 5.74) is 0. The lowest BCUT2D eigenvalue weighted by atomic mass is 9.73. The molecule has 0 spiro atoms. The van der Waals surface area contributed by atoms with Crippen LogP contribution in [0.1, 0.15) is 33.1 Å². The van der Waals surface area contributed by atoms with Crippen molar-refractivity contribution in [3.63, 3.8) is 0 Å². The molecule has 1 saturated carbocycles. The summed E-state index contributed by atoms with van der Waals surface area (Å²) in [6.07, 6.45) is 1.73. The minimum atomic E-state index is -0.156. The zero-order valence-corrected chi connectivity index (χ0v) is 9.08. The van der Waals surface area contributed by atoms with Crippen LogP contribution < -0.4 is 0 Å². The quantitative estimate of drug-likeness (QED) is 0.635. The van der Waals surface area contributed by atoms with Gasteiger partial charge in [0, 0.05) is 12.8 Å². The molecule has 0 bridgehead atoms. The van der Waals surface area contributed by atoms with Gasteiger partial charge in [-0.15, -0.1) is 0 Å². The van der Waals surface area contributed by atoms with E-state index in [0.717, 1.165) is 0 Å². The molecule has 0 saturated heterocycles. The second-order valence-electron chi connectivity index (χ2n) is 4.32. The number of rotatable bonds is 2. The van der Waals surface area contributed by atoms with Crippen molar-refractivity contribution in [3.05, 3.63) is 0 Å². The number of carbonyl (C=O) groups excluding carboxylic acids is 2. The Labute approximate surface area is 84.8 Å². The molecule has 0 N–H and O–H groups in total. The topological polar surface area (TPSA) is 43.4 Å². The third-order valence-corrected chi connectivity index (χ3v) is 3.07. The molecule has 1 aliphatic rings. The van der Waals surface area contributed by atoms with E-state index in [1.807, 2.05) is 0 Å². The van der Waals surface area contributed by atoms with Crippen molar-refractivity contribution in [1.29, 1.82) is 0 Å². The first kappa shape index (κ1) is 11.2. The molecular weight excluding hydrogens is 180 g/mol. The monoisotopic (exact) mass is 198 g/mol. The number of esters is 1. The van der Waals surface area contributed by atoms with E-state index in [1.165, 1.54) is 7.11 Å². The fourth-order valence-corrected chi connectivity index (χ4v) is 2.18. The predicted octanol–water partition coefficient (Wildman–Crippen LogP) is 1.80. The number of Topliss-reactive ketones (excluding diaryl/α,β-unsaturated/α-hetero) is 1. The molecule has 0 amide bonds. The van der Waals surface area contributed by atoms with Crippen LogP contribution in [0.5, 0.6) is 0 Å². The molecule has 3 nitrogen and oxygen atoms in total. The molecule has 1 fully saturated rings. The summed E-state index contributed by atoms with van der Waals surface area (Å²) in [4.78, 5) is 22.7. The molecule has 0 aliphatic heterocycles. The Morgan fingerprint density at radius 1 is 1.50 bits per heavy atom. The van der Waals surface area contributed by atoms with Gasteiger partial charge in [0.15, 0.2) is 0 Å². The Balaban J connectivity index is 2.72. The van der Waals surface area contributed by atoms with Gasteiger partial charge in [-0.2, -0.15) is 0 Å². The molecule has 0 radical (unpaired) electrons. The molecule has 0 heterocycles. The molecule has 1 aliphatic carbocycles. The molecule has 80 valence electrons. The number of ether oxygens (including phenoxy) is 1. The van der Waals surface area contributed by atoms with Gasteiger partial charge >= 0.3 is 5.97 Å². The summed E-state index contributed by atoms with van der Waals surface area (Å²) in [6, 6.07) is 0. The van der Waals surface area contributed by atoms with Gasteiger partial charge in [-0.25, -0.2) is 0 Å². The van der Waals surface area contributed by atoms with Crippen molar-refractivity contribution in [3.8, 4) is 0 Å². The van der Waals surface area contributed by atoms with Crippen LogP contribution in [-0.4, -0.2) is 18.9 Å². The first-order chi connectivity index (χ1) is 6.56. The highest BCUT2D eigenvalue weighted by Gasteiger charge is 2.36. The Morgan fingerprint density at radius 3 is 2.64 bits per heavy atom. The molecule has 0 unspecified atom stereocenters. The fraction of sp³-hybridized carbons (Fsp3) is 0.818. The summed E-state index contributed by atoms with van der Waals surface area (Å²) >= 11 is 0. The van der Waals surface area contributed by atoms with Gasteiger partial charge < -0.3 is 4.74 Å². The van der Waals surface area contributed by atoms with E-state index in [1.54, 1.807) is 0 Å². The highest BCUT2D eigenvalue weighted by molar-refractivity contribution is 5.83. The summed E-state index contributed by atoms with van der Waals surface area (Å²) < 4.78 is 4.76. The highest BCUT2D eigenvalue weighted by Crippen LogP contribution is 2.34. The molecule has 0 aromatic heterocycles. The SMILES string of the molecule is COC(=O)[C@H]1CCC(=O)C[C@@H]1C(C)C. The number of ketones is 1. The van der Waals surface area contributed by atoms with Crippen molar-refractivity contribution in [2.24, 2.45) is 17.8 Å². The number of carbonyl (C=O) groups is 2. The second kappa shape index (κ2) is 4.58. The van der Waals surface area contributed by atoms with Gasteiger partial charge in [0.2, 0.25) is 0 Å². The van der Waals surface area contributed by atoms with Gasteiger partial charge in [0.1, 0.15) is 5.78 Å². The van der Waals surface area contributed by atoms with E-state index in [-0.39, 0.29) is 23.6 Å². The summed E-state index contributed by atoms with van der Waals surface area (Å²) in [5.74, 6) is 0.588. The van der Waals surface area contributed by atoms with Crippen molar-refractivity contribution < 1.29 is 14.3 Å². The minimum Gasteiger partial charge on any atom is -0.469 e. The maximum absolute atomic E-state index is 11.5. The van der Waals surface area contributed by atoms with E-state index in [2.05, 4.69) is 13.8 Å². The van der Waals surface area contributed by atoms with Crippen LogP contribution >= 0.6 is 0 Å². The standard InChI is InChI=1S/C11H18O3/c1-7(2)10-6-8(12)4-5-9(10)11(13)14-3/h7,9-10H,4-6H2,1-3H3/t9-,10+/m0/s1. The molecule has 14 heavy (non-hydrogen) atoms. The van der Waals surface area contributed by atoms with Crippen molar-refractivity contribution >= 4 is 11.8 Å². The van der Waals surface area contributed by atoms with E-state index in [0.29, 0.717) is 25.2 Å². The number of hydrogen-bond donors (Lipinski definition) is 0. The Hall–Kier alpha value is -0.860. The maximum Gasteiger partial charge on any atom is 0.308 e. The average Bonchev–Trinajstić information content (AvgIpc) is 2.16. The average molecular weight is 198 g/mol. The first-order valence-corrected chi connectivity index (χ1v) is 5.15. The van der Waals surface area contributed by atoms with Gasteiger partial charge in [0.05, 0.1) is 13.0 Å². The lowest BCUT2D eigenvalue weighted by Crippen LogP contribution is -2.34. The lowest BCUT2D eigenvalue weighted by molar-refractivity contribution is -0.150. The van der Waals surface area contributed by atoms with Gasteiger partial charge in [-0.05, 0) is 18.3 Å². The summed E-state index contributed by atoms with van der Waals surface area (Å²) in [6.45, 7) is 4.11. The van der Waals surface area contributed by atoms with Crippen LogP contribution in [0.25, 0.3) is 0 Å². The molecular formula is C11H18O3.